The highest BCUT2D eigenvalue weighted by Gasteiger charge is 2.34. The zero-order valence-corrected chi connectivity index (χ0v) is 18.8. The van der Waals surface area contributed by atoms with E-state index in [-0.39, 0.29) is 35.6 Å². The molecule has 1 N–H and O–H groups in total. The van der Waals surface area contributed by atoms with Crippen molar-refractivity contribution in [2.24, 2.45) is 0 Å². The van der Waals surface area contributed by atoms with Crippen molar-refractivity contribution in [2.45, 2.75) is 38.1 Å². The lowest BCUT2D eigenvalue weighted by Gasteiger charge is -2.34. The van der Waals surface area contributed by atoms with E-state index < -0.39 is 0 Å². The zero-order chi connectivity index (χ0) is 22.0. The molecule has 0 radical (unpaired) electrons. The highest BCUT2D eigenvalue weighted by atomic mass is 32.2. The molecule has 0 bridgehead atoms. The largest absolute Gasteiger partial charge is 0.362 e. The molecule has 2 amide bonds. The summed E-state index contributed by atoms with van der Waals surface area (Å²) in [6, 6.07) is 12.5. The van der Waals surface area contributed by atoms with Gasteiger partial charge in [-0.15, -0.1) is 11.8 Å². The molecule has 5 nitrogen and oxygen atoms in total. The van der Waals surface area contributed by atoms with Crippen LogP contribution in [0.3, 0.4) is 0 Å². The van der Waals surface area contributed by atoms with Gasteiger partial charge in [-0.25, -0.2) is 4.39 Å². The Kier molecular flexibility index (Phi) is 6.51. The van der Waals surface area contributed by atoms with Gasteiger partial charge in [-0.3, -0.25) is 9.59 Å². The maximum absolute atomic E-state index is 14.3. The predicted molar refractivity (Wildman–Crippen MR) is 123 cm³/mol. The summed E-state index contributed by atoms with van der Waals surface area (Å²) in [5.41, 5.74) is 3.20. The van der Waals surface area contributed by atoms with Crippen LogP contribution in [0.2, 0.25) is 0 Å². The number of nitrogens with zero attached hydrogens (tertiary/aromatic N) is 2. The van der Waals surface area contributed by atoms with E-state index in [4.69, 9.17) is 0 Å². The van der Waals surface area contributed by atoms with Crippen molar-refractivity contribution >= 4 is 29.3 Å². The third-order valence-electron chi connectivity index (χ3n) is 5.72. The minimum Gasteiger partial charge on any atom is -0.362 e. The van der Waals surface area contributed by atoms with Gasteiger partial charge in [-0.2, -0.15) is 0 Å². The molecule has 1 saturated heterocycles. The second-order valence-electron chi connectivity index (χ2n) is 8.29. The number of hydrogen-bond donors (Lipinski definition) is 1. The van der Waals surface area contributed by atoms with Crippen LogP contribution in [-0.4, -0.2) is 48.1 Å². The van der Waals surface area contributed by atoms with Crippen LogP contribution in [0.15, 0.2) is 42.5 Å². The molecule has 1 atom stereocenters. The van der Waals surface area contributed by atoms with E-state index in [1.807, 2.05) is 38.1 Å². The Morgan fingerprint density at radius 2 is 1.97 bits per heavy atom. The highest BCUT2D eigenvalue weighted by Crippen LogP contribution is 2.39. The Morgan fingerprint density at radius 3 is 2.74 bits per heavy atom. The van der Waals surface area contributed by atoms with E-state index in [0.29, 0.717) is 17.7 Å². The SMILES string of the molecule is CC(C)NC(=O)c1cccc2c1CCCN2CC(=O)N1CCSC1c1ccccc1F. The molecule has 0 spiro atoms. The first-order chi connectivity index (χ1) is 15.0. The Bertz CT molecular complexity index is 981. The lowest BCUT2D eigenvalue weighted by atomic mass is 9.95. The smallest absolute Gasteiger partial charge is 0.251 e. The number of halogens is 1. The molecule has 2 aromatic carbocycles. The van der Waals surface area contributed by atoms with E-state index in [1.54, 1.807) is 28.8 Å². The van der Waals surface area contributed by atoms with Gasteiger partial charge in [0.05, 0.1) is 6.54 Å². The van der Waals surface area contributed by atoms with E-state index in [1.165, 1.54) is 6.07 Å². The van der Waals surface area contributed by atoms with E-state index in [0.717, 1.165) is 36.4 Å². The van der Waals surface area contributed by atoms with Gasteiger partial charge in [0.25, 0.3) is 5.91 Å². The summed E-state index contributed by atoms with van der Waals surface area (Å²) >= 11 is 1.60. The van der Waals surface area contributed by atoms with Crippen molar-refractivity contribution in [1.29, 1.82) is 0 Å². The summed E-state index contributed by atoms with van der Waals surface area (Å²) in [7, 11) is 0. The Morgan fingerprint density at radius 1 is 1.16 bits per heavy atom. The molecule has 7 heteroatoms. The Labute approximate surface area is 187 Å². The average molecular weight is 442 g/mol. The number of benzene rings is 2. The topological polar surface area (TPSA) is 52.7 Å². The number of carbonyl (C=O) groups excluding carboxylic acids is 2. The first kappa shape index (κ1) is 21.7. The first-order valence-corrected chi connectivity index (χ1v) is 11.8. The predicted octanol–water partition coefficient (Wildman–Crippen LogP) is 3.99. The van der Waals surface area contributed by atoms with Crippen LogP contribution in [0.1, 0.15) is 47.1 Å². The van der Waals surface area contributed by atoms with E-state index in [2.05, 4.69) is 10.2 Å². The zero-order valence-electron chi connectivity index (χ0n) is 17.9. The third kappa shape index (κ3) is 4.56. The van der Waals surface area contributed by atoms with Crippen LogP contribution in [0.4, 0.5) is 10.1 Å². The van der Waals surface area contributed by atoms with Crippen LogP contribution in [0.25, 0.3) is 0 Å². The number of rotatable bonds is 5. The number of thioether (sulfide) groups is 1. The molecule has 1 fully saturated rings. The van der Waals surface area contributed by atoms with Gasteiger partial charge >= 0.3 is 0 Å². The summed E-state index contributed by atoms with van der Waals surface area (Å²) in [4.78, 5) is 29.8. The first-order valence-electron chi connectivity index (χ1n) is 10.8. The van der Waals surface area contributed by atoms with Gasteiger partial charge < -0.3 is 15.1 Å². The minimum absolute atomic E-state index is 0.0110. The fourth-order valence-corrected chi connectivity index (χ4v) is 5.63. The van der Waals surface area contributed by atoms with E-state index >= 15 is 0 Å². The number of amides is 2. The summed E-state index contributed by atoms with van der Waals surface area (Å²) in [5, 5.41) is 2.68. The number of anilines is 1. The van der Waals surface area contributed by atoms with Gasteiger partial charge in [0.2, 0.25) is 5.91 Å². The maximum Gasteiger partial charge on any atom is 0.251 e. The molecule has 0 aromatic heterocycles. The van der Waals surface area contributed by atoms with Crippen LogP contribution in [-0.2, 0) is 11.2 Å². The molecule has 4 rings (SSSR count). The van der Waals surface area contributed by atoms with Gasteiger partial charge in [0.1, 0.15) is 11.2 Å². The van der Waals surface area contributed by atoms with Crippen molar-refractivity contribution < 1.29 is 14.0 Å². The second kappa shape index (κ2) is 9.30. The fourth-order valence-electron chi connectivity index (χ4n) is 4.33. The molecule has 164 valence electrons. The summed E-state index contributed by atoms with van der Waals surface area (Å²) in [6.45, 7) is 5.49. The van der Waals surface area contributed by atoms with Crippen molar-refractivity contribution in [3.8, 4) is 0 Å². The molecule has 2 heterocycles. The minimum atomic E-state index is -0.291. The molecular weight excluding hydrogens is 413 g/mol. The number of nitrogens with one attached hydrogen (secondary N) is 1. The van der Waals surface area contributed by atoms with Gasteiger partial charge in [-0.05, 0) is 50.5 Å². The van der Waals surface area contributed by atoms with Crippen LogP contribution in [0.5, 0.6) is 0 Å². The third-order valence-corrected chi connectivity index (χ3v) is 6.96. The number of hydrogen-bond acceptors (Lipinski definition) is 4. The highest BCUT2D eigenvalue weighted by molar-refractivity contribution is 7.99. The Hall–Kier alpha value is -2.54. The average Bonchev–Trinajstić information content (AvgIpc) is 3.23. The monoisotopic (exact) mass is 441 g/mol. The van der Waals surface area contributed by atoms with E-state index in [9.17, 15) is 14.0 Å². The van der Waals surface area contributed by atoms with Crippen LogP contribution >= 0.6 is 11.8 Å². The molecule has 2 aliphatic heterocycles. The lowest BCUT2D eigenvalue weighted by Crippen LogP contribution is -2.42. The standard InChI is InChI=1S/C24H28FN3O2S/c1-16(2)26-23(30)18-8-5-11-21-17(18)9-6-12-27(21)15-22(29)28-13-14-31-24(28)19-7-3-4-10-20(19)25/h3-5,7-8,10-11,16,24H,6,9,12-15H2,1-2H3,(H,26,30). The molecule has 2 aliphatic rings. The summed E-state index contributed by atoms with van der Waals surface area (Å²) in [5.74, 6) is 0.434. The number of carbonyl (C=O) groups is 2. The van der Waals surface area contributed by atoms with Gasteiger partial charge in [0, 0.05) is 41.7 Å². The molecule has 2 aromatic rings. The summed E-state index contributed by atoms with van der Waals surface area (Å²) < 4.78 is 14.3. The second-order valence-corrected chi connectivity index (χ2v) is 9.48. The lowest BCUT2D eigenvalue weighted by molar-refractivity contribution is -0.129. The van der Waals surface area contributed by atoms with Crippen molar-refractivity contribution in [2.75, 3.05) is 30.3 Å². The molecule has 0 saturated carbocycles. The number of fused-ring (bicyclic) bond motifs is 1. The van der Waals surface area contributed by atoms with Gasteiger partial charge in [0.15, 0.2) is 0 Å². The molecule has 1 unspecified atom stereocenters. The normalized spacial score (nSPS) is 18.3. The van der Waals surface area contributed by atoms with Crippen molar-refractivity contribution in [1.82, 2.24) is 10.2 Å². The van der Waals surface area contributed by atoms with Gasteiger partial charge in [-0.1, -0.05) is 24.3 Å². The fraction of sp³-hybridized carbons (Fsp3) is 0.417. The molecule has 31 heavy (non-hydrogen) atoms. The molecular formula is C24H28FN3O2S. The van der Waals surface area contributed by atoms with Crippen LogP contribution in [0, 0.1) is 5.82 Å². The van der Waals surface area contributed by atoms with Crippen molar-refractivity contribution in [3.63, 3.8) is 0 Å². The Balaban J connectivity index is 1.54. The quantitative estimate of drug-likeness (QED) is 0.762. The summed E-state index contributed by atoms with van der Waals surface area (Å²) in [6.07, 6.45) is 1.71. The van der Waals surface area contributed by atoms with Crippen LogP contribution < -0.4 is 10.2 Å². The van der Waals surface area contributed by atoms with Crippen molar-refractivity contribution in [3.05, 3.63) is 65.0 Å². The maximum atomic E-state index is 14.3. The molecule has 0 aliphatic carbocycles.